The topological polar surface area (TPSA) is 20.2 Å². The van der Waals surface area contributed by atoms with Crippen LogP contribution >= 0.6 is 23.8 Å². The summed E-state index contributed by atoms with van der Waals surface area (Å²) in [5.41, 5.74) is 9.88. The molecule has 0 radical (unpaired) electrons. The molecule has 3 aromatic carbocycles. The number of thiocarbonyl (C=S) groups is 1. The number of benzene rings is 3. The number of rotatable bonds is 8. The summed E-state index contributed by atoms with van der Waals surface area (Å²) in [7, 11) is 0. The van der Waals surface area contributed by atoms with E-state index >= 15 is 0 Å². The molecule has 0 spiro atoms. The second kappa shape index (κ2) is 11.8. The second-order valence-electron chi connectivity index (χ2n) is 9.66. The Balaban J connectivity index is 1.54. The van der Waals surface area contributed by atoms with Crippen LogP contribution in [0.4, 0.5) is 5.69 Å². The van der Waals surface area contributed by atoms with E-state index in [2.05, 4.69) is 109 Å². The zero-order chi connectivity index (χ0) is 25.7. The van der Waals surface area contributed by atoms with Gasteiger partial charge in [0, 0.05) is 35.7 Å². The molecule has 0 unspecified atom stereocenters. The van der Waals surface area contributed by atoms with Gasteiger partial charge in [0.1, 0.15) is 0 Å². The smallest absolute Gasteiger partial charge is 0.173 e. The lowest BCUT2D eigenvalue weighted by Gasteiger charge is -2.27. The summed E-state index contributed by atoms with van der Waals surface area (Å²) in [6.45, 7) is 10.9. The minimum atomic E-state index is 0.724. The molecule has 4 rings (SSSR count). The predicted molar refractivity (Wildman–Crippen MR) is 157 cm³/mol. The Kier molecular flexibility index (Phi) is 8.50. The largest absolute Gasteiger partial charge is 0.345 e. The molecule has 1 N–H and O–H groups in total. The Morgan fingerprint density at radius 2 is 1.61 bits per heavy atom. The molecular weight excluding hydrogens is 482 g/mol. The first kappa shape index (κ1) is 26.0. The molecule has 0 saturated heterocycles. The maximum absolute atomic E-state index is 6.10. The van der Waals surface area contributed by atoms with Gasteiger partial charge in [-0.05, 0) is 111 Å². The molecule has 0 aliphatic rings. The summed E-state index contributed by atoms with van der Waals surface area (Å²) >= 11 is 12.0. The molecule has 0 atom stereocenters. The first-order valence-corrected chi connectivity index (χ1v) is 13.1. The van der Waals surface area contributed by atoms with Crippen molar-refractivity contribution < 1.29 is 0 Å². The van der Waals surface area contributed by atoms with Gasteiger partial charge in [-0.25, -0.2) is 0 Å². The summed E-state index contributed by atoms with van der Waals surface area (Å²) in [5.74, 6) is 0. The van der Waals surface area contributed by atoms with E-state index in [1.807, 2.05) is 12.1 Å². The van der Waals surface area contributed by atoms with Crippen molar-refractivity contribution in [3.8, 4) is 0 Å². The van der Waals surface area contributed by atoms with Crippen LogP contribution in [0.15, 0.2) is 79.0 Å². The summed E-state index contributed by atoms with van der Waals surface area (Å²) in [6, 6.07) is 25.5. The van der Waals surface area contributed by atoms with Crippen LogP contribution in [0, 0.1) is 27.7 Å². The van der Waals surface area contributed by atoms with Crippen LogP contribution in [0.2, 0.25) is 5.02 Å². The first-order valence-electron chi connectivity index (χ1n) is 12.4. The molecule has 1 aromatic heterocycles. The van der Waals surface area contributed by atoms with Gasteiger partial charge in [-0.15, -0.1) is 0 Å². The third-order valence-corrected chi connectivity index (χ3v) is 7.07. The molecule has 1 heterocycles. The van der Waals surface area contributed by atoms with Gasteiger partial charge in [-0.1, -0.05) is 53.6 Å². The molecule has 0 aliphatic heterocycles. The fourth-order valence-electron chi connectivity index (χ4n) is 4.57. The van der Waals surface area contributed by atoms with Crippen LogP contribution < -0.4 is 5.32 Å². The SMILES string of the molecule is Cc1cc(C)cc(NC(=S)N(CCc2ccc(Cl)cc2)Cc2cccn2Cc2ccc(C)cc2C)c1. The Bertz CT molecular complexity index is 1320. The van der Waals surface area contributed by atoms with Crippen LogP contribution in [-0.2, 0) is 19.5 Å². The lowest BCUT2D eigenvalue weighted by molar-refractivity contribution is 0.409. The van der Waals surface area contributed by atoms with Crippen LogP contribution in [0.1, 0.15) is 39.1 Å². The van der Waals surface area contributed by atoms with Crippen molar-refractivity contribution in [3.05, 3.63) is 123 Å². The molecular formula is C31H34ClN3S. The fourth-order valence-corrected chi connectivity index (χ4v) is 4.97. The van der Waals surface area contributed by atoms with E-state index < -0.39 is 0 Å². The summed E-state index contributed by atoms with van der Waals surface area (Å²) in [4.78, 5) is 2.26. The van der Waals surface area contributed by atoms with E-state index in [1.165, 1.54) is 39.1 Å². The standard InChI is InChI=1S/C31H34ClN3S/c1-22-7-10-27(25(4)17-22)20-34-14-5-6-30(34)21-35(15-13-26-8-11-28(32)12-9-26)31(36)33-29-18-23(2)16-24(3)19-29/h5-12,14,16-19H,13,15,20-21H2,1-4H3,(H,33,36). The summed E-state index contributed by atoms with van der Waals surface area (Å²) in [5, 5.41) is 4.98. The van der Waals surface area contributed by atoms with Gasteiger partial charge in [0.2, 0.25) is 0 Å². The quantitative estimate of drug-likeness (QED) is 0.241. The van der Waals surface area contributed by atoms with Crippen molar-refractivity contribution >= 4 is 34.6 Å². The van der Waals surface area contributed by atoms with Crippen molar-refractivity contribution in [3.63, 3.8) is 0 Å². The average Bonchev–Trinajstić information content (AvgIpc) is 3.25. The normalized spacial score (nSPS) is 10.9. The molecule has 5 heteroatoms. The average molecular weight is 516 g/mol. The highest BCUT2D eigenvalue weighted by molar-refractivity contribution is 7.80. The molecule has 0 fully saturated rings. The van der Waals surface area contributed by atoms with Crippen molar-refractivity contribution in [1.82, 2.24) is 9.47 Å². The van der Waals surface area contributed by atoms with Crippen molar-refractivity contribution in [1.29, 1.82) is 0 Å². The number of nitrogens with zero attached hydrogens (tertiary/aromatic N) is 2. The lowest BCUT2D eigenvalue weighted by atomic mass is 10.1. The van der Waals surface area contributed by atoms with Gasteiger partial charge >= 0.3 is 0 Å². The zero-order valence-electron chi connectivity index (χ0n) is 21.5. The summed E-state index contributed by atoms with van der Waals surface area (Å²) < 4.78 is 2.33. The maximum Gasteiger partial charge on any atom is 0.173 e. The van der Waals surface area contributed by atoms with Crippen molar-refractivity contribution in [2.45, 2.75) is 47.2 Å². The van der Waals surface area contributed by atoms with Gasteiger partial charge in [0.05, 0.1) is 6.54 Å². The minimum absolute atomic E-state index is 0.724. The van der Waals surface area contributed by atoms with Gasteiger partial charge in [0.25, 0.3) is 0 Å². The van der Waals surface area contributed by atoms with E-state index in [0.717, 1.165) is 41.9 Å². The number of aryl methyl sites for hydroxylation is 4. The Labute approximate surface area is 225 Å². The highest BCUT2D eigenvalue weighted by Gasteiger charge is 2.14. The van der Waals surface area contributed by atoms with Crippen molar-refractivity contribution in [2.75, 3.05) is 11.9 Å². The molecule has 36 heavy (non-hydrogen) atoms. The first-order chi connectivity index (χ1) is 17.3. The van der Waals surface area contributed by atoms with Gasteiger partial charge in [-0.3, -0.25) is 0 Å². The highest BCUT2D eigenvalue weighted by atomic mass is 35.5. The molecule has 4 aromatic rings. The van der Waals surface area contributed by atoms with E-state index in [4.69, 9.17) is 23.8 Å². The van der Waals surface area contributed by atoms with Crippen molar-refractivity contribution in [2.24, 2.45) is 0 Å². The lowest BCUT2D eigenvalue weighted by Crippen LogP contribution is -2.36. The van der Waals surface area contributed by atoms with Gasteiger partial charge in [-0.2, -0.15) is 0 Å². The third-order valence-electron chi connectivity index (χ3n) is 6.46. The van der Waals surface area contributed by atoms with Gasteiger partial charge in [0.15, 0.2) is 5.11 Å². The van der Waals surface area contributed by atoms with Crippen LogP contribution in [0.25, 0.3) is 0 Å². The highest BCUT2D eigenvalue weighted by Crippen LogP contribution is 2.19. The van der Waals surface area contributed by atoms with Crippen LogP contribution in [-0.4, -0.2) is 21.1 Å². The Hall–Kier alpha value is -3.08. The molecule has 0 amide bonds. The minimum Gasteiger partial charge on any atom is -0.345 e. The fraction of sp³-hybridized carbons (Fsp3) is 0.258. The summed E-state index contributed by atoms with van der Waals surface area (Å²) in [6.07, 6.45) is 3.04. The van der Waals surface area contributed by atoms with Crippen LogP contribution in [0.5, 0.6) is 0 Å². The predicted octanol–water partition coefficient (Wildman–Crippen LogP) is 7.87. The monoisotopic (exact) mass is 515 g/mol. The second-order valence-corrected chi connectivity index (χ2v) is 10.5. The molecule has 0 aliphatic carbocycles. The number of hydrogen-bond donors (Lipinski definition) is 1. The molecule has 0 saturated carbocycles. The Morgan fingerprint density at radius 3 is 2.31 bits per heavy atom. The number of halogens is 1. The molecule has 3 nitrogen and oxygen atoms in total. The molecule has 186 valence electrons. The van der Waals surface area contributed by atoms with E-state index in [-0.39, 0.29) is 0 Å². The number of nitrogens with one attached hydrogen (secondary N) is 1. The maximum atomic E-state index is 6.10. The number of aromatic nitrogens is 1. The molecule has 0 bridgehead atoms. The van der Waals surface area contributed by atoms with Crippen LogP contribution in [0.3, 0.4) is 0 Å². The van der Waals surface area contributed by atoms with E-state index in [1.54, 1.807) is 0 Å². The third kappa shape index (κ3) is 6.99. The zero-order valence-corrected chi connectivity index (χ0v) is 23.1. The number of anilines is 1. The number of hydrogen-bond acceptors (Lipinski definition) is 1. The Morgan fingerprint density at radius 1 is 0.889 bits per heavy atom. The van der Waals surface area contributed by atoms with E-state index in [0.29, 0.717) is 0 Å². The van der Waals surface area contributed by atoms with E-state index in [9.17, 15) is 0 Å². The van der Waals surface area contributed by atoms with Gasteiger partial charge < -0.3 is 14.8 Å².